The Bertz CT molecular complexity index is 625. The number of furan rings is 1. The summed E-state index contributed by atoms with van der Waals surface area (Å²) >= 11 is 11.5. The zero-order valence-corrected chi connectivity index (χ0v) is 11.5. The van der Waals surface area contributed by atoms with Crippen molar-refractivity contribution in [2.45, 2.75) is 13.5 Å². The largest absolute Gasteiger partial charge is 0.448 e. The number of hydrogen-bond donors (Lipinski definition) is 1. The molecule has 19 heavy (non-hydrogen) atoms. The molecule has 2 rings (SSSR count). The Kier molecular flexibility index (Phi) is 3.97. The van der Waals surface area contributed by atoms with Gasteiger partial charge in [-0.2, -0.15) is 0 Å². The fraction of sp³-hybridized carbons (Fsp3) is 0.167. The summed E-state index contributed by atoms with van der Waals surface area (Å²) in [6, 6.07) is 6.35. The van der Waals surface area contributed by atoms with Crippen molar-refractivity contribution in [3.63, 3.8) is 0 Å². The maximum Gasteiger partial charge on any atom is 0.288 e. The molecule has 1 heterocycles. The number of benzene rings is 1. The molecule has 1 aromatic heterocycles. The Morgan fingerprint density at radius 3 is 2.68 bits per heavy atom. The predicted octanol–water partition coefficient (Wildman–Crippen LogP) is 4.42. The molecule has 0 unspecified atom stereocenters. The molecule has 0 bridgehead atoms. The van der Waals surface area contributed by atoms with E-state index in [4.69, 9.17) is 27.6 Å². The van der Waals surface area contributed by atoms with Gasteiger partial charge in [0.05, 0.1) is 11.5 Å². The number of halogens is 2. The third-order valence-electron chi connectivity index (χ3n) is 2.57. The van der Waals surface area contributed by atoms with Crippen LogP contribution in [-0.4, -0.2) is 4.92 Å². The molecular weight excluding hydrogens is 291 g/mol. The molecule has 7 heteroatoms. The zero-order valence-electron chi connectivity index (χ0n) is 9.94. The van der Waals surface area contributed by atoms with Gasteiger partial charge in [-0.15, -0.1) is 0 Å². The molecule has 0 saturated carbocycles. The molecule has 1 N–H and O–H groups in total. The second kappa shape index (κ2) is 5.50. The van der Waals surface area contributed by atoms with Gasteiger partial charge < -0.3 is 9.73 Å². The van der Waals surface area contributed by atoms with Crippen LogP contribution in [0.1, 0.15) is 11.3 Å². The van der Waals surface area contributed by atoms with Crippen molar-refractivity contribution in [3.05, 3.63) is 55.9 Å². The third-order valence-corrected chi connectivity index (χ3v) is 3.08. The summed E-state index contributed by atoms with van der Waals surface area (Å²) in [5.41, 5.74) is 1.34. The first-order valence-corrected chi connectivity index (χ1v) is 6.15. The molecular formula is C12H10Cl2N2O3. The lowest BCUT2D eigenvalue weighted by molar-refractivity contribution is -0.384. The molecule has 0 aliphatic heterocycles. The van der Waals surface area contributed by atoms with Crippen LogP contribution < -0.4 is 5.32 Å². The van der Waals surface area contributed by atoms with Gasteiger partial charge in [0, 0.05) is 11.8 Å². The summed E-state index contributed by atoms with van der Waals surface area (Å²) < 4.78 is 5.20. The van der Waals surface area contributed by atoms with Gasteiger partial charge >= 0.3 is 0 Å². The summed E-state index contributed by atoms with van der Waals surface area (Å²) in [5, 5.41) is 14.2. The van der Waals surface area contributed by atoms with Gasteiger partial charge in [-0.3, -0.25) is 10.1 Å². The number of nitrogens with one attached hydrogen (secondary N) is 1. The van der Waals surface area contributed by atoms with Crippen molar-refractivity contribution < 1.29 is 9.34 Å². The number of anilines is 1. The summed E-state index contributed by atoms with van der Waals surface area (Å²) in [4.78, 5) is 10.2. The number of nitro benzene ring substituents is 1. The quantitative estimate of drug-likeness (QED) is 0.670. The molecule has 0 atom stereocenters. The molecule has 0 radical (unpaired) electrons. The van der Waals surface area contributed by atoms with Gasteiger partial charge in [0.15, 0.2) is 5.22 Å². The van der Waals surface area contributed by atoms with Crippen molar-refractivity contribution in [2.75, 3.05) is 5.32 Å². The van der Waals surface area contributed by atoms with Crippen LogP contribution in [0.2, 0.25) is 10.2 Å². The highest BCUT2D eigenvalue weighted by atomic mass is 35.5. The number of rotatable bonds is 4. The molecule has 0 fully saturated rings. The van der Waals surface area contributed by atoms with Crippen LogP contribution in [0.25, 0.3) is 0 Å². The maximum absolute atomic E-state index is 10.7. The predicted molar refractivity (Wildman–Crippen MR) is 73.9 cm³/mol. The average Bonchev–Trinajstić information content (AvgIpc) is 2.75. The third kappa shape index (κ3) is 3.19. The second-order valence-corrected chi connectivity index (χ2v) is 4.71. The molecule has 5 nitrogen and oxygen atoms in total. The number of nitrogens with zero attached hydrogens (tertiary/aromatic N) is 1. The van der Waals surface area contributed by atoms with Gasteiger partial charge in [0.1, 0.15) is 10.8 Å². The molecule has 0 spiro atoms. The first-order valence-electron chi connectivity index (χ1n) is 5.40. The molecule has 0 saturated heterocycles. The van der Waals surface area contributed by atoms with Gasteiger partial charge in [-0.1, -0.05) is 11.6 Å². The zero-order chi connectivity index (χ0) is 14.0. The lowest BCUT2D eigenvalue weighted by atomic mass is 10.1. The van der Waals surface area contributed by atoms with E-state index in [0.29, 0.717) is 23.2 Å². The van der Waals surface area contributed by atoms with Gasteiger partial charge in [0.25, 0.3) is 5.69 Å². The van der Waals surface area contributed by atoms with E-state index in [0.717, 1.165) is 5.56 Å². The van der Waals surface area contributed by atoms with Crippen molar-refractivity contribution in [3.8, 4) is 0 Å². The Balaban J connectivity index is 2.17. The van der Waals surface area contributed by atoms with Gasteiger partial charge in [-0.25, -0.2) is 0 Å². The van der Waals surface area contributed by atoms with E-state index < -0.39 is 4.92 Å². The highest BCUT2D eigenvalue weighted by molar-refractivity contribution is 6.33. The first-order chi connectivity index (χ1) is 8.97. The minimum Gasteiger partial charge on any atom is -0.448 e. The second-order valence-electron chi connectivity index (χ2n) is 3.94. The molecule has 0 amide bonds. The van der Waals surface area contributed by atoms with Crippen LogP contribution in [-0.2, 0) is 6.54 Å². The van der Waals surface area contributed by atoms with Crippen LogP contribution >= 0.6 is 23.2 Å². The molecule has 0 aliphatic carbocycles. The average molecular weight is 301 g/mol. The highest BCUT2D eigenvalue weighted by Crippen LogP contribution is 2.30. The lowest BCUT2D eigenvalue weighted by Gasteiger charge is -2.09. The number of aryl methyl sites for hydroxylation is 1. The van der Waals surface area contributed by atoms with E-state index in [2.05, 4.69) is 5.32 Å². The van der Waals surface area contributed by atoms with E-state index in [9.17, 15) is 10.1 Å². The van der Waals surface area contributed by atoms with Crippen molar-refractivity contribution in [1.82, 2.24) is 0 Å². The van der Waals surface area contributed by atoms with Crippen LogP contribution in [0.15, 0.2) is 28.7 Å². The normalized spacial score (nSPS) is 10.5. The maximum atomic E-state index is 10.7. The SMILES string of the molecule is Cc1cc([N+](=O)[O-])c(Cl)cc1NCc1ccc(Cl)o1. The van der Waals surface area contributed by atoms with Crippen LogP contribution in [0.3, 0.4) is 0 Å². The Labute approximate surface area is 119 Å². The Morgan fingerprint density at radius 1 is 1.37 bits per heavy atom. The number of nitro groups is 1. The van der Waals surface area contributed by atoms with Crippen LogP contribution in [0.4, 0.5) is 11.4 Å². The van der Waals surface area contributed by atoms with Gasteiger partial charge in [-0.05, 0) is 42.3 Å². The fourth-order valence-corrected chi connectivity index (χ4v) is 2.02. The van der Waals surface area contributed by atoms with E-state index >= 15 is 0 Å². The van der Waals surface area contributed by atoms with Crippen molar-refractivity contribution in [1.29, 1.82) is 0 Å². The monoisotopic (exact) mass is 300 g/mol. The van der Waals surface area contributed by atoms with E-state index in [1.54, 1.807) is 19.1 Å². The molecule has 2 aromatic rings. The molecule has 0 aliphatic rings. The minimum atomic E-state index is -0.509. The Hall–Kier alpha value is -1.72. The smallest absolute Gasteiger partial charge is 0.288 e. The number of hydrogen-bond acceptors (Lipinski definition) is 4. The van der Waals surface area contributed by atoms with Crippen molar-refractivity contribution in [2.24, 2.45) is 0 Å². The Morgan fingerprint density at radius 2 is 2.11 bits per heavy atom. The molecule has 1 aromatic carbocycles. The van der Waals surface area contributed by atoms with E-state index in [-0.39, 0.29) is 10.7 Å². The lowest BCUT2D eigenvalue weighted by Crippen LogP contribution is -2.01. The standard InChI is InChI=1S/C12H10Cl2N2O3/c1-7-4-11(16(17)18)9(13)5-10(7)15-6-8-2-3-12(14)19-8/h2-5,15H,6H2,1H3. The summed E-state index contributed by atoms with van der Waals surface area (Å²) in [5.74, 6) is 0.666. The van der Waals surface area contributed by atoms with Crippen molar-refractivity contribution >= 4 is 34.6 Å². The summed E-state index contributed by atoms with van der Waals surface area (Å²) in [6.07, 6.45) is 0. The topological polar surface area (TPSA) is 68.3 Å². The molecule has 100 valence electrons. The van der Waals surface area contributed by atoms with Crippen LogP contribution in [0, 0.1) is 17.0 Å². The van der Waals surface area contributed by atoms with Crippen LogP contribution in [0.5, 0.6) is 0 Å². The minimum absolute atomic E-state index is 0.0931. The fourth-order valence-electron chi connectivity index (χ4n) is 1.63. The summed E-state index contributed by atoms with van der Waals surface area (Å²) in [6.45, 7) is 2.18. The van der Waals surface area contributed by atoms with E-state index in [1.807, 2.05) is 0 Å². The highest BCUT2D eigenvalue weighted by Gasteiger charge is 2.15. The van der Waals surface area contributed by atoms with E-state index in [1.165, 1.54) is 12.1 Å². The first kappa shape index (κ1) is 13.7. The van der Waals surface area contributed by atoms with Gasteiger partial charge in [0.2, 0.25) is 0 Å². The summed E-state index contributed by atoms with van der Waals surface area (Å²) in [7, 11) is 0.